The number of hydrogen-bond acceptors (Lipinski definition) is 3. The van der Waals surface area contributed by atoms with Crippen LogP contribution in [0.1, 0.15) is 15.9 Å². The Morgan fingerprint density at radius 1 is 1.13 bits per heavy atom. The molecule has 5 nitrogen and oxygen atoms in total. The molecule has 1 heterocycles. The zero-order valence-corrected chi connectivity index (χ0v) is 13.5. The van der Waals surface area contributed by atoms with E-state index in [2.05, 4.69) is 26.3 Å². The van der Waals surface area contributed by atoms with Crippen molar-refractivity contribution in [2.75, 3.05) is 5.32 Å². The molecule has 0 radical (unpaired) electrons. The molecule has 1 amide bonds. The molecule has 0 aliphatic heterocycles. The lowest BCUT2D eigenvalue weighted by atomic mass is 10.1. The van der Waals surface area contributed by atoms with Crippen molar-refractivity contribution in [3.8, 4) is 11.8 Å². The number of aromatic nitrogens is 2. The maximum atomic E-state index is 12.2. The van der Waals surface area contributed by atoms with Crippen molar-refractivity contribution in [2.24, 2.45) is 0 Å². The van der Waals surface area contributed by atoms with Gasteiger partial charge in [0.05, 0.1) is 28.0 Å². The normalized spacial score (nSPS) is 10.1. The number of nitrogens with zero attached hydrogens (tertiary/aromatic N) is 3. The molecule has 0 fully saturated rings. The second-order valence-electron chi connectivity index (χ2n) is 4.79. The summed E-state index contributed by atoms with van der Waals surface area (Å²) in [6, 6.07) is 15.9. The van der Waals surface area contributed by atoms with E-state index in [4.69, 9.17) is 5.26 Å². The van der Waals surface area contributed by atoms with E-state index in [-0.39, 0.29) is 5.91 Å². The van der Waals surface area contributed by atoms with Gasteiger partial charge in [0.25, 0.3) is 5.91 Å². The average Bonchev–Trinajstić information content (AvgIpc) is 3.02. The van der Waals surface area contributed by atoms with Gasteiger partial charge in [-0.05, 0) is 64.5 Å². The van der Waals surface area contributed by atoms with Gasteiger partial charge in [-0.15, -0.1) is 0 Å². The summed E-state index contributed by atoms with van der Waals surface area (Å²) in [5.41, 5.74) is 2.61. The Hall–Kier alpha value is -2.91. The van der Waals surface area contributed by atoms with Crippen LogP contribution in [-0.2, 0) is 0 Å². The number of halogens is 1. The van der Waals surface area contributed by atoms with E-state index >= 15 is 0 Å². The van der Waals surface area contributed by atoms with E-state index < -0.39 is 0 Å². The molecule has 2 aromatic carbocycles. The highest BCUT2D eigenvalue weighted by atomic mass is 79.9. The van der Waals surface area contributed by atoms with Crippen molar-refractivity contribution in [3.05, 3.63) is 76.5 Å². The van der Waals surface area contributed by atoms with Crippen LogP contribution in [0.3, 0.4) is 0 Å². The molecule has 112 valence electrons. The number of rotatable bonds is 3. The molecular weight excluding hydrogens is 356 g/mol. The highest BCUT2D eigenvalue weighted by molar-refractivity contribution is 9.10. The summed E-state index contributed by atoms with van der Waals surface area (Å²) in [6.07, 6.45) is 3.56. The highest BCUT2D eigenvalue weighted by Gasteiger charge is 2.06. The van der Waals surface area contributed by atoms with Crippen LogP contribution in [0, 0.1) is 11.3 Å². The number of hydrogen-bond donors (Lipinski definition) is 1. The van der Waals surface area contributed by atoms with E-state index in [1.165, 1.54) is 0 Å². The summed E-state index contributed by atoms with van der Waals surface area (Å²) in [6.45, 7) is 0. The number of carbonyl (C=O) groups excluding carboxylic acids is 1. The van der Waals surface area contributed by atoms with Gasteiger partial charge in [-0.1, -0.05) is 0 Å². The molecule has 0 unspecified atom stereocenters. The van der Waals surface area contributed by atoms with Crippen LogP contribution in [0.25, 0.3) is 5.69 Å². The fraction of sp³-hybridized carbons (Fsp3) is 0. The average molecular weight is 367 g/mol. The van der Waals surface area contributed by atoms with Gasteiger partial charge in [0.1, 0.15) is 0 Å². The fourth-order valence-corrected chi connectivity index (χ4v) is 2.32. The van der Waals surface area contributed by atoms with E-state index in [0.717, 1.165) is 10.2 Å². The Morgan fingerprint density at radius 3 is 2.39 bits per heavy atom. The van der Waals surface area contributed by atoms with Gasteiger partial charge in [0.15, 0.2) is 0 Å². The van der Waals surface area contributed by atoms with Gasteiger partial charge in [-0.2, -0.15) is 10.4 Å². The second kappa shape index (κ2) is 6.46. The van der Waals surface area contributed by atoms with Crippen molar-refractivity contribution in [1.82, 2.24) is 9.78 Å². The van der Waals surface area contributed by atoms with E-state index in [0.29, 0.717) is 16.8 Å². The lowest BCUT2D eigenvalue weighted by Crippen LogP contribution is -2.11. The summed E-state index contributed by atoms with van der Waals surface area (Å²) in [4.78, 5) is 12.2. The van der Waals surface area contributed by atoms with Crippen molar-refractivity contribution < 1.29 is 4.79 Å². The van der Waals surface area contributed by atoms with Gasteiger partial charge in [0, 0.05) is 17.4 Å². The van der Waals surface area contributed by atoms with Crippen LogP contribution in [0.2, 0.25) is 0 Å². The van der Waals surface area contributed by atoms with Crippen LogP contribution >= 0.6 is 15.9 Å². The van der Waals surface area contributed by atoms with E-state index in [9.17, 15) is 4.79 Å². The molecule has 1 aromatic heterocycles. The molecule has 0 saturated heterocycles. The largest absolute Gasteiger partial charge is 0.322 e. The Kier molecular flexibility index (Phi) is 4.22. The van der Waals surface area contributed by atoms with Gasteiger partial charge < -0.3 is 5.32 Å². The van der Waals surface area contributed by atoms with Gasteiger partial charge in [-0.3, -0.25) is 4.79 Å². The van der Waals surface area contributed by atoms with Crippen LogP contribution in [0.4, 0.5) is 5.69 Å². The maximum absolute atomic E-state index is 12.2. The number of nitriles is 1. The summed E-state index contributed by atoms with van der Waals surface area (Å²) in [7, 11) is 0. The third-order valence-electron chi connectivity index (χ3n) is 3.22. The van der Waals surface area contributed by atoms with Crippen LogP contribution in [0.15, 0.2) is 65.4 Å². The highest BCUT2D eigenvalue weighted by Crippen LogP contribution is 2.16. The Balaban J connectivity index is 1.72. The van der Waals surface area contributed by atoms with Gasteiger partial charge in [-0.25, -0.2) is 4.68 Å². The third-order valence-corrected chi connectivity index (χ3v) is 3.63. The monoisotopic (exact) mass is 366 g/mol. The number of amides is 1. The zero-order chi connectivity index (χ0) is 16.2. The molecule has 0 atom stereocenters. The lowest BCUT2D eigenvalue weighted by Gasteiger charge is -2.07. The SMILES string of the molecule is N#Cc1ccc(C(=O)Nc2ccc(-n3cc(Br)cn3)cc2)cc1. The lowest BCUT2D eigenvalue weighted by molar-refractivity contribution is 0.102. The fourth-order valence-electron chi connectivity index (χ4n) is 2.04. The molecule has 0 aliphatic rings. The minimum absolute atomic E-state index is 0.218. The number of benzene rings is 2. The second-order valence-corrected chi connectivity index (χ2v) is 5.71. The first kappa shape index (κ1) is 15.0. The maximum Gasteiger partial charge on any atom is 0.255 e. The van der Waals surface area contributed by atoms with Gasteiger partial charge in [0.2, 0.25) is 0 Å². The Labute approximate surface area is 141 Å². The first-order valence-corrected chi connectivity index (χ1v) is 7.57. The number of nitrogens with one attached hydrogen (secondary N) is 1. The Morgan fingerprint density at radius 2 is 1.83 bits per heavy atom. The minimum atomic E-state index is -0.218. The first-order chi connectivity index (χ1) is 11.2. The smallest absolute Gasteiger partial charge is 0.255 e. The summed E-state index contributed by atoms with van der Waals surface area (Å²) >= 11 is 3.35. The van der Waals surface area contributed by atoms with E-state index in [1.54, 1.807) is 35.1 Å². The van der Waals surface area contributed by atoms with Crippen molar-refractivity contribution in [3.63, 3.8) is 0 Å². The summed E-state index contributed by atoms with van der Waals surface area (Å²) < 4.78 is 2.63. The topological polar surface area (TPSA) is 70.7 Å². The number of carbonyl (C=O) groups is 1. The first-order valence-electron chi connectivity index (χ1n) is 6.78. The summed E-state index contributed by atoms with van der Waals surface area (Å²) in [5.74, 6) is -0.218. The molecule has 23 heavy (non-hydrogen) atoms. The van der Waals surface area contributed by atoms with Gasteiger partial charge >= 0.3 is 0 Å². The van der Waals surface area contributed by atoms with Crippen LogP contribution in [0.5, 0.6) is 0 Å². The van der Waals surface area contributed by atoms with Crippen molar-refractivity contribution in [1.29, 1.82) is 5.26 Å². The molecule has 0 aliphatic carbocycles. The summed E-state index contributed by atoms with van der Waals surface area (Å²) in [5, 5.41) is 15.8. The van der Waals surface area contributed by atoms with E-state index in [1.807, 2.05) is 36.5 Å². The quantitative estimate of drug-likeness (QED) is 0.766. The Bertz CT molecular complexity index is 876. The minimum Gasteiger partial charge on any atom is -0.322 e. The molecule has 0 bridgehead atoms. The molecule has 0 saturated carbocycles. The molecular formula is C17H11BrN4O. The van der Waals surface area contributed by atoms with Crippen LogP contribution in [-0.4, -0.2) is 15.7 Å². The van der Waals surface area contributed by atoms with Crippen LogP contribution < -0.4 is 5.32 Å². The standard InChI is InChI=1S/C17H11BrN4O/c18-14-10-20-22(11-14)16-7-5-15(6-8-16)21-17(23)13-3-1-12(9-19)2-4-13/h1-8,10-11H,(H,21,23). The van der Waals surface area contributed by atoms with Crippen molar-refractivity contribution in [2.45, 2.75) is 0 Å². The zero-order valence-electron chi connectivity index (χ0n) is 11.9. The molecule has 1 N–H and O–H groups in total. The molecule has 3 rings (SSSR count). The predicted octanol–water partition coefficient (Wildman–Crippen LogP) is 3.76. The molecule has 3 aromatic rings. The predicted molar refractivity (Wildman–Crippen MR) is 90.4 cm³/mol. The third kappa shape index (κ3) is 3.47. The number of anilines is 1. The van der Waals surface area contributed by atoms with Crippen molar-refractivity contribution >= 4 is 27.5 Å². The molecule has 6 heteroatoms. The molecule has 0 spiro atoms.